The number of hydrogen-bond acceptors (Lipinski definition) is 7. The Kier molecular flexibility index (Phi) is 5.07. The zero-order valence-corrected chi connectivity index (χ0v) is 18.8. The molecule has 0 bridgehead atoms. The molecule has 2 aromatic heterocycles. The van der Waals surface area contributed by atoms with E-state index in [9.17, 15) is 4.79 Å². The van der Waals surface area contributed by atoms with Crippen LogP contribution in [0.15, 0.2) is 47.4 Å². The second kappa shape index (κ2) is 7.90. The maximum atomic E-state index is 12.8. The van der Waals surface area contributed by atoms with Crippen molar-refractivity contribution in [3.8, 4) is 16.6 Å². The first-order chi connectivity index (χ1) is 15.0. The quantitative estimate of drug-likeness (QED) is 0.416. The number of thioether (sulfide) groups is 1. The molecule has 1 N–H and O–H groups in total. The van der Waals surface area contributed by atoms with Crippen molar-refractivity contribution in [1.82, 2.24) is 14.8 Å². The summed E-state index contributed by atoms with van der Waals surface area (Å²) in [4.78, 5) is 18.7. The van der Waals surface area contributed by atoms with E-state index in [4.69, 9.17) is 9.47 Å². The first-order valence-corrected chi connectivity index (χ1v) is 11.5. The molecule has 31 heavy (non-hydrogen) atoms. The van der Waals surface area contributed by atoms with Crippen molar-refractivity contribution < 1.29 is 14.3 Å². The first kappa shape index (κ1) is 19.9. The summed E-state index contributed by atoms with van der Waals surface area (Å²) >= 11 is 3.24. The van der Waals surface area contributed by atoms with Crippen LogP contribution < -0.4 is 14.8 Å². The predicted octanol–water partition coefficient (Wildman–Crippen LogP) is 5.27. The number of thiazole rings is 1. The Labute approximate surface area is 187 Å². The van der Waals surface area contributed by atoms with E-state index >= 15 is 0 Å². The molecule has 158 valence electrons. The largest absolute Gasteiger partial charge is 0.454 e. The number of nitrogens with one attached hydrogen (secondary N) is 1. The average molecular weight is 453 g/mol. The molecule has 0 saturated heterocycles. The van der Waals surface area contributed by atoms with E-state index in [0.29, 0.717) is 33.3 Å². The number of benzene rings is 2. The predicted molar refractivity (Wildman–Crippen MR) is 123 cm³/mol. The third-order valence-corrected chi connectivity index (χ3v) is 6.62. The van der Waals surface area contributed by atoms with E-state index in [1.54, 1.807) is 16.4 Å². The molecular weight excluding hydrogens is 432 g/mol. The van der Waals surface area contributed by atoms with Gasteiger partial charge in [0, 0.05) is 33.9 Å². The molecule has 7 nitrogen and oxygen atoms in total. The van der Waals surface area contributed by atoms with E-state index in [-0.39, 0.29) is 12.7 Å². The number of fused-ring (bicyclic) bond motifs is 2. The smallest absolute Gasteiger partial charge is 0.256 e. The van der Waals surface area contributed by atoms with Gasteiger partial charge < -0.3 is 14.8 Å². The summed E-state index contributed by atoms with van der Waals surface area (Å²) in [6.07, 6.45) is 0. The van der Waals surface area contributed by atoms with Crippen molar-refractivity contribution >= 4 is 45.0 Å². The second-order valence-electron chi connectivity index (χ2n) is 7.40. The van der Waals surface area contributed by atoms with E-state index in [0.717, 1.165) is 20.8 Å². The van der Waals surface area contributed by atoms with Crippen molar-refractivity contribution in [2.75, 3.05) is 12.1 Å². The lowest BCUT2D eigenvalue weighted by molar-refractivity contribution is 0.102. The monoisotopic (exact) mass is 452 g/mol. The van der Waals surface area contributed by atoms with Crippen LogP contribution in [0.1, 0.15) is 29.9 Å². The SMILES string of the molecule is Cc1cc(NC(=O)c2ccc(SC(C)C)cc2)n(-c2nc3cc4c(cc3s2)OCO4)n1. The molecule has 0 aliphatic carbocycles. The Bertz CT molecular complexity index is 1240. The lowest BCUT2D eigenvalue weighted by atomic mass is 10.2. The van der Waals surface area contributed by atoms with Crippen LogP contribution >= 0.6 is 23.1 Å². The summed E-state index contributed by atoms with van der Waals surface area (Å²) in [5, 5.41) is 8.65. The van der Waals surface area contributed by atoms with Crippen LogP contribution in [-0.4, -0.2) is 32.7 Å². The summed E-state index contributed by atoms with van der Waals surface area (Å²) in [5.74, 6) is 1.78. The van der Waals surface area contributed by atoms with Gasteiger partial charge in [0.05, 0.1) is 15.9 Å². The van der Waals surface area contributed by atoms with Crippen molar-refractivity contribution in [3.63, 3.8) is 0 Å². The number of aryl methyl sites for hydroxylation is 1. The highest BCUT2D eigenvalue weighted by molar-refractivity contribution is 7.99. The highest BCUT2D eigenvalue weighted by atomic mass is 32.2. The molecule has 9 heteroatoms. The molecule has 5 rings (SSSR count). The fraction of sp³-hybridized carbons (Fsp3) is 0.227. The summed E-state index contributed by atoms with van der Waals surface area (Å²) in [6, 6.07) is 13.2. The molecular formula is C22H20N4O3S2. The number of carbonyl (C=O) groups excluding carboxylic acids is 1. The Hall–Kier alpha value is -3.04. The lowest BCUT2D eigenvalue weighted by Gasteiger charge is -2.08. The second-order valence-corrected chi connectivity index (χ2v) is 10.1. The van der Waals surface area contributed by atoms with Gasteiger partial charge in [-0.05, 0) is 31.2 Å². The molecule has 0 saturated carbocycles. The molecule has 1 aliphatic rings. The van der Waals surface area contributed by atoms with Gasteiger partial charge >= 0.3 is 0 Å². The number of carbonyl (C=O) groups is 1. The zero-order valence-electron chi connectivity index (χ0n) is 17.2. The zero-order chi connectivity index (χ0) is 21.5. The summed E-state index contributed by atoms with van der Waals surface area (Å²) in [6.45, 7) is 6.40. The number of aromatic nitrogens is 3. The van der Waals surface area contributed by atoms with Crippen molar-refractivity contribution in [1.29, 1.82) is 0 Å². The van der Waals surface area contributed by atoms with Crippen LogP contribution in [0.5, 0.6) is 11.5 Å². The standard InChI is InChI=1S/C22H20N4O3S2/c1-12(2)30-15-6-4-14(5-7-15)21(27)24-20-8-13(3)25-26(20)22-23-16-9-17-18(29-11-28-17)10-19(16)31-22/h4-10,12H,11H2,1-3H3,(H,24,27). The van der Waals surface area contributed by atoms with Crippen LogP contribution in [0, 0.1) is 6.92 Å². The van der Waals surface area contributed by atoms with Crippen molar-refractivity contribution in [2.45, 2.75) is 30.9 Å². The molecule has 0 unspecified atom stereocenters. The third kappa shape index (κ3) is 3.98. The minimum absolute atomic E-state index is 0.191. The maximum Gasteiger partial charge on any atom is 0.256 e. The topological polar surface area (TPSA) is 78.3 Å². The van der Waals surface area contributed by atoms with Gasteiger partial charge in [-0.2, -0.15) is 9.78 Å². The van der Waals surface area contributed by atoms with Gasteiger partial charge in [-0.15, -0.1) is 11.8 Å². The van der Waals surface area contributed by atoms with E-state index in [1.807, 2.05) is 49.4 Å². The average Bonchev–Trinajstić information content (AvgIpc) is 3.43. The highest BCUT2D eigenvalue weighted by Gasteiger charge is 2.19. The maximum absolute atomic E-state index is 12.8. The Morgan fingerprint density at radius 1 is 1.16 bits per heavy atom. The van der Waals surface area contributed by atoms with Crippen LogP contribution in [0.25, 0.3) is 15.3 Å². The molecule has 1 amide bonds. The van der Waals surface area contributed by atoms with Gasteiger partial charge in [0.1, 0.15) is 5.82 Å². The first-order valence-electron chi connectivity index (χ1n) is 9.81. The number of amides is 1. The molecule has 0 fully saturated rings. The minimum Gasteiger partial charge on any atom is -0.454 e. The van der Waals surface area contributed by atoms with E-state index in [1.165, 1.54) is 11.3 Å². The van der Waals surface area contributed by atoms with Gasteiger partial charge in [0.2, 0.25) is 11.9 Å². The molecule has 0 spiro atoms. The number of rotatable bonds is 5. The van der Waals surface area contributed by atoms with Gasteiger partial charge in [-0.25, -0.2) is 4.98 Å². The minimum atomic E-state index is -0.191. The normalized spacial score (nSPS) is 12.6. The van der Waals surface area contributed by atoms with Crippen LogP contribution in [0.4, 0.5) is 5.82 Å². The van der Waals surface area contributed by atoms with Crippen LogP contribution in [-0.2, 0) is 0 Å². The summed E-state index contributed by atoms with van der Waals surface area (Å²) in [5.41, 5.74) is 2.17. The molecule has 0 radical (unpaired) electrons. The molecule has 1 aliphatic heterocycles. The highest BCUT2D eigenvalue weighted by Crippen LogP contribution is 2.39. The van der Waals surface area contributed by atoms with Gasteiger partial charge in [-0.1, -0.05) is 25.2 Å². The van der Waals surface area contributed by atoms with Crippen molar-refractivity contribution in [3.05, 3.63) is 53.7 Å². The Morgan fingerprint density at radius 2 is 1.90 bits per heavy atom. The molecule has 0 atom stereocenters. The van der Waals surface area contributed by atoms with E-state index < -0.39 is 0 Å². The van der Waals surface area contributed by atoms with Crippen LogP contribution in [0.2, 0.25) is 0 Å². The summed E-state index contributed by atoms with van der Waals surface area (Å²) in [7, 11) is 0. The Morgan fingerprint density at radius 3 is 2.65 bits per heavy atom. The van der Waals surface area contributed by atoms with Gasteiger partial charge in [-0.3, -0.25) is 4.79 Å². The number of anilines is 1. The van der Waals surface area contributed by atoms with Gasteiger partial charge in [0.25, 0.3) is 5.91 Å². The summed E-state index contributed by atoms with van der Waals surface area (Å²) < 4.78 is 13.5. The van der Waals surface area contributed by atoms with Gasteiger partial charge in [0.15, 0.2) is 11.5 Å². The Balaban J connectivity index is 1.42. The molecule has 4 aromatic rings. The fourth-order valence-electron chi connectivity index (χ4n) is 3.28. The van der Waals surface area contributed by atoms with Crippen molar-refractivity contribution in [2.24, 2.45) is 0 Å². The molecule has 2 aromatic carbocycles. The van der Waals surface area contributed by atoms with Crippen LogP contribution in [0.3, 0.4) is 0 Å². The van der Waals surface area contributed by atoms with E-state index in [2.05, 4.69) is 29.2 Å². The number of nitrogens with zero attached hydrogens (tertiary/aromatic N) is 3. The third-order valence-electron chi connectivity index (χ3n) is 4.61. The molecule has 3 heterocycles. The fourth-order valence-corrected chi connectivity index (χ4v) is 5.06. The number of hydrogen-bond donors (Lipinski definition) is 1. The lowest BCUT2D eigenvalue weighted by Crippen LogP contribution is -2.15. The number of ether oxygens (including phenoxy) is 2.